The van der Waals surface area contributed by atoms with E-state index in [4.69, 9.17) is 10.00 Å². The molecule has 0 amide bonds. The molecule has 3 heterocycles. The number of ether oxygens (including phenoxy) is 1. The Morgan fingerprint density at radius 3 is 2.53 bits per heavy atom. The summed E-state index contributed by atoms with van der Waals surface area (Å²) >= 11 is 0. The Bertz CT molecular complexity index is 1320. The lowest BCUT2D eigenvalue weighted by atomic mass is 10.1. The van der Waals surface area contributed by atoms with Gasteiger partial charge < -0.3 is 14.6 Å². The molecule has 0 saturated carbocycles. The summed E-state index contributed by atoms with van der Waals surface area (Å²) in [5.41, 5.74) is 3.98. The molecule has 5 rings (SSSR count). The fourth-order valence-corrected chi connectivity index (χ4v) is 4.57. The molecule has 2 aromatic carbocycles. The van der Waals surface area contributed by atoms with Crippen LogP contribution in [0.5, 0.6) is 5.75 Å². The third-order valence-electron chi connectivity index (χ3n) is 6.66. The molecule has 0 spiro atoms. The minimum absolute atomic E-state index is 0.257. The Balaban J connectivity index is 1.03. The van der Waals surface area contributed by atoms with Crippen LogP contribution in [0.4, 0.5) is 10.3 Å². The number of aromatic nitrogens is 3. The average molecular weight is 485 g/mol. The van der Waals surface area contributed by atoms with E-state index in [0.29, 0.717) is 17.9 Å². The topological polar surface area (TPSA) is 81.1 Å². The summed E-state index contributed by atoms with van der Waals surface area (Å²) in [6.45, 7) is 5.21. The van der Waals surface area contributed by atoms with Crippen molar-refractivity contribution < 1.29 is 9.13 Å². The van der Waals surface area contributed by atoms with Gasteiger partial charge in [-0.2, -0.15) is 5.26 Å². The Kier molecular flexibility index (Phi) is 7.39. The summed E-state index contributed by atoms with van der Waals surface area (Å²) in [7, 11) is 0. The maximum absolute atomic E-state index is 13.0. The van der Waals surface area contributed by atoms with E-state index in [1.807, 2.05) is 18.2 Å². The first-order valence-electron chi connectivity index (χ1n) is 12.3. The SMILES string of the molecule is N#Cc1ccc2[nH]cc(CCCCN3CCN(c4ncc(OCc5ccc(F)cc5)cn4)CC3)c2c1. The molecule has 0 unspecified atom stereocenters. The van der Waals surface area contributed by atoms with Gasteiger partial charge in [-0.15, -0.1) is 0 Å². The number of H-pyrrole nitrogens is 1. The van der Waals surface area contributed by atoms with Gasteiger partial charge in [0.1, 0.15) is 12.4 Å². The lowest BCUT2D eigenvalue weighted by molar-refractivity contribution is 0.251. The van der Waals surface area contributed by atoms with Crippen LogP contribution >= 0.6 is 0 Å². The third-order valence-corrected chi connectivity index (χ3v) is 6.66. The molecule has 8 heteroatoms. The number of benzene rings is 2. The zero-order valence-electron chi connectivity index (χ0n) is 20.2. The number of aryl methyl sites for hydroxylation is 1. The van der Waals surface area contributed by atoms with Gasteiger partial charge in [0.2, 0.25) is 5.95 Å². The van der Waals surface area contributed by atoms with Crippen molar-refractivity contribution in [1.82, 2.24) is 19.9 Å². The largest absolute Gasteiger partial charge is 0.486 e. The molecule has 1 aliphatic rings. The highest BCUT2D eigenvalue weighted by Gasteiger charge is 2.18. The molecule has 1 saturated heterocycles. The van der Waals surface area contributed by atoms with Gasteiger partial charge in [0.05, 0.1) is 24.0 Å². The number of hydrogen-bond donors (Lipinski definition) is 1. The summed E-state index contributed by atoms with van der Waals surface area (Å²) in [4.78, 5) is 17.0. The Morgan fingerprint density at radius 1 is 1.00 bits per heavy atom. The maximum atomic E-state index is 13.0. The van der Waals surface area contributed by atoms with Gasteiger partial charge in [-0.1, -0.05) is 12.1 Å². The van der Waals surface area contributed by atoms with E-state index in [1.54, 1.807) is 24.5 Å². The number of hydrogen-bond acceptors (Lipinski definition) is 6. The van der Waals surface area contributed by atoms with Crippen molar-refractivity contribution >= 4 is 16.9 Å². The number of halogens is 1. The van der Waals surface area contributed by atoms with Crippen molar-refractivity contribution in [3.8, 4) is 11.8 Å². The van der Waals surface area contributed by atoms with Gasteiger partial charge in [0.25, 0.3) is 0 Å². The van der Waals surface area contributed by atoms with Crippen molar-refractivity contribution in [2.24, 2.45) is 0 Å². The van der Waals surface area contributed by atoms with Crippen LogP contribution in [0.25, 0.3) is 10.9 Å². The number of nitrogens with zero attached hydrogens (tertiary/aromatic N) is 5. The normalized spacial score (nSPS) is 14.2. The van der Waals surface area contributed by atoms with E-state index in [0.717, 1.165) is 74.4 Å². The quantitative estimate of drug-likeness (QED) is 0.347. The molecule has 7 nitrogen and oxygen atoms in total. The van der Waals surface area contributed by atoms with Gasteiger partial charge in [-0.3, -0.25) is 4.90 Å². The van der Waals surface area contributed by atoms with Gasteiger partial charge in [-0.05, 0) is 67.3 Å². The van der Waals surface area contributed by atoms with Crippen LogP contribution in [0.15, 0.2) is 61.1 Å². The summed E-state index contributed by atoms with van der Waals surface area (Å²) in [5.74, 6) is 1.06. The Morgan fingerprint density at radius 2 is 1.78 bits per heavy atom. The molecule has 184 valence electrons. The predicted octanol–water partition coefficient (Wildman–Crippen LogP) is 4.69. The molecular weight excluding hydrogens is 455 g/mol. The standard InChI is InChI=1S/C28H29FN6O/c29-24-7-4-21(5-8-24)20-36-25-18-32-28(33-19-25)35-13-11-34(12-14-35)10-2-1-3-23-17-31-27-9-6-22(16-30)15-26(23)27/h4-9,15,17-19,31H,1-3,10-14,20H2. The molecule has 0 radical (unpaired) electrons. The molecule has 0 bridgehead atoms. The Hall–Kier alpha value is -3.96. The third kappa shape index (κ3) is 5.81. The van der Waals surface area contributed by atoms with E-state index < -0.39 is 0 Å². The number of nitriles is 1. The fraction of sp³-hybridized carbons (Fsp3) is 0.321. The van der Waals surface area contributed by atoms with E-state index in [1.165, 1.54) is 17.7 Å². The summed E-state index contributed by atoms with van der Waals surface area (Å²) in [6, 6.07) is 14.3. The molecule has 0 atom stereocenters. The van der Waals surface area contributed by atoms with Gasteiger partial charge in [-0.25, -0.2) is 14.4 Å². The molecule has 4 aromatic rings. The fourth-order valence-electron chi connectivity index (χ4n) is 4.57. The Labute approximate surface area is 210 Å². The van der Waals surface area contributed by atoms with Crippen molar-refractivity contribution in [1.29, 1.82) is 5.26 Å². The minimum Gasteiger partial charge on any atom is -0.486 e. The van der Waals surface area contributed by atoms with Crippen LogP contribution in [0.3, 0.4) is 0 Å². The second-order valence-electron chi connectivity index (χ2n) is 9.11. The first kappa shape index (κ1) is 23.8. The molecule has 1 fully saturated rings. The first-order valence-corrected chi connectivity index (χ1v) is 12.3. The smallest absolute Gasteiger partial charge is 0.225 e. The van der Waals surface area contributed by atoms with Crippen LogP contribution in [0.1, 0.15) is 29.5 Å². The highest BCUT2D eigenvalue weighted by Crippen LogP contribution is 2.22. The monoisotopic (exact) mass is 484 g/mol. The molecule has 1 N–H and O–H groups in total. The highest BCUT2D eigenvalue weighted by molar-refractivity contribution is 5.84. The number of aromatic amines is 1. The van der Waals surface area contributed by atoms with Crippen molar-refractivity contribution in [3.63, 3.8) is 0 Å². The predicted molar refractivity (Wildman–Crippen MR) is 137 cm³/mol. The molecule has 36 heavy (non-hydrogen) atoms. The minimum atomic E-state index is -0.257. The second-order valence-corrected chi connectivity index (χ2v) is 9.11. The lowest BCUT2D eigenvalue weighted by Gasteiger charge is -2.34. The van der Waals surface area contributed by atoms with E-state index in [-0.39, 0.29) is 5.82 Å². The number of rotatable bonds is 9. The van der Waals surface area contributed by atoms with Gasteiger partial charge in [0.15, 0.2) is 5.75 Å². The van der Waals surface area contributed by atoms with E-state index in [2.05, 4.69) is 37.0 Å². The van der Waals surface area contributed by atoms with Crippen molar-refractivity contribution in [2.75, 3.05) is 37.6 Å². The number of piperazine rings is 1. The van der Waals surface area contributed by atoms with Crippen LogP contribution in [0, 0.1) is 17.1 Å². The van der Waals surface area contributed by atoms with Gasteiger partial charge >= 0.3 is 0 Å². The first-order chi connectivity index (χ1) is 17.7. The highest BCUT2D eigenvalue weighted by atomic mass is 19.1. The van der Waals surface area contributed by atoms with Crippen LogP contribution < -0.4 is 9.64 Å². The van der Waals surface area contributed by atoms with E-state index in [9.17, 15) is 4.39 Å². The average Bonchev–Trinajstić information content (AvgIpc) is 3.33. The van der Waals surface area contributed by atoms with Crippen LogP contribution in [-0.2, 0) is 13.0 Å². The second kappa shape index (κ2) is 11.2. The molecule has 0 aliphatic carbocycles. The number of nitrogens with one attached hydrogen (secondary N) is 1. The summed E-state index contributed by atoms with van der Waals surface area (Å²) in [6.07, 6.45) is 8.74. The van der Waals surface area contributed by atoms with Crippen LogP contribution in [0.2, 0.25) is 0 Å². The zero-order chi connectivity index (χ0) is 24.7. The lowest BCUT2D eigenvalue weighted by Crippen LogP contribution is -2.47. The maximum Gasteiger partial charge on any atom is 0.225 e. The molecule has 2 aromatic heterocycles. The zero-order valence-corrected chi connectivity index (χ0v) is 20.2. The van der Waals surface area contributed by atoms with Crippen LogP contribution in [-0.4, -0.2) is 52.6 Å². The number of unbranched alkanes of at least 4 members (excludes halogenated alkanes) is 1. The summed E-state index contributed by atoms with van der Waals surface area (Å²) in [5, 5.41) is 10.3. The summed E-state index contributed by atoms with van der Waals surface area (Å²) < 4.78 is 18.7. The van der Waals surface area contributed by atoms with Gasteiger partial charge in [0, 0.05) is 43.3 Å². The van der Waals surface area contributed by atoms with Crippen molar-refractivity contribution in [3.05, 3.63) is 83.6 Å². The van der Waals surface area contributed by atoms with Crippen molar-refractivity contribution in [2.45, 2.75) is 25.9 Å². The van der Waals surface area contributed by atoms with E-state index >= 15 is 0 Å². The molecular formula is C28H29FN6O. The number of anilines is 1. The number of fused-ring (bicyclic) bond motifs is 1. The molecule has 1 aliphatic heterocycles.